The maximum absolute atomic E-state index is 12.0. The van der Waals surface area contributed by atoms with Crippen molar-refractivity contribution in [2.45, 2.75) is 19.4 Å². The quantitative estimate of drug-likeness (QED) is 0.822. The van der Waals surface area contributed by atoms with Crippen molar-refractivity contribution in [3.63, 3.8) is 0 Å². The van der Waals surface area contributed by atoms with Gasteiger partial charge in [-0.1, -0.05) is 6.58 Å². The summed E-state index contributed by atoms with van der Waals surface area (Å²) in [7, 11) is 0. The average molecular weight is 283 g/mol. The Hall–Kier alpha value is -2.52. The van der Waals surface area contributed by atoms with Crippen molar-refractivity contribution in [2.24, 2.45) is 5.92 Å². The first-order valence-electron chi connectivity index (χ1n) is 7.04. The number of hydrogen-bond donors (Lipinski definition) is 2. The minimum absolute atomic E-state index is 0.107. The fraction of sp³-hybridized carbons (Fsp3) is 0.312. The predicted octanol–water partition coefficient (Wildman–Crippen LogP) is 1.81. The highest BCUT2D eigenvalue weighted by Crippen LogP contribution is 2.31. The summed E-state index contributed by atoms with van der Waals surface area (Å²) in [5.41, 5.74) is 4.58. The number of amides is 1. The second-order valence-corrected chi connectivity index (χ2v) is 5.33. The molecule has 0 radical (unpaired) electrons. The molecule has 5 nitrogen and oxygen atoms in total. The van der Waals surface area contributed by atoms with E-state index in [1.807, 2.05) is 6.07 Å². The van der Waals surface area contributed by atoms with Crippen LogP contribution in [0.15, 0.2) is 41.4 Å². The molecule has 21 heavy (non-hydrogen) atoms. The molecule has 1 aliphatic rings. The molecule has 1 heterocycles. The van der Waals surface area contributed by atoms with Gasteiger partial charge in [0.2, 0.25) is 0 Å². The van der Waals surface area contributed by atoms with Crippen LogP contribution >= 0.6 is 0 Å². The summed E-state index contributed by atoms with van der Waals surface area (Å²) in [6.45, 7) is 4.58. The maximum Gasteiger partial charge on any atom is 0.326 e. The van der Waals surface area contributed by atoms with Crippen molar-refractivity contribution in [1.82, 2.24) is 14.9 Å². The van der Waals surface area contributed by atoms with E-state index in [9.17, 15) is 9.59 Å². The Balaban J connectivity index is 1.88. The summed E-state index contributed by atoms with van der Waals surface area (Å²) in [6, 6.07) is 5.28. The van der Waals surface area contributed by atoms with Crippen LogP contribution in [-0.2, 0) is 6.54 Å². The number of carbonyl (C=O) groups is 1. The van der Waals surface area contributed by atoms with Gasteiger partial charge in [-0.3, -0.25) is 9.36 Å². The Morgan fingerprint density at radius 1 is 1.52 bits per heavy atom. The van der Waals surface area contributed by atoms with Gasteiger partial charge >= 0.3 is 5.69 Å². The summed E-state index contributed by atoms with van der Waals surface area (Å²) in [6.07, 6.45) is 4.03. The molecular formula is C16H17N3O2. The molecule has 1 fully saturated rings. The first-order chi connectivity index (χ1) is 10.2. The molecular weight excluding hydrogens is 266 g/mol. The molecule has 1 aliphatic carbocycles. The van der Waals surface area contributed by atoms with Gasteiger partial charge in [0, 0.05) is 18.7 Å². The van der Waals surface area contributed by atoms with Crippen LogP contribution in [-0.4, -0.2) is 22.0 Å². The topological polar surface area (TPSA) is 66.9 Å². The van der Waals surface area contributed by atoms with E-state index in [0.29, 0.717) is 23.5 Å². The number of nitrogens with zero attached hydrogens (tertiary/aromatic N) is 1. The molecule has 1 aromatic carbocycles. The van der Waals surface area contributed by atoms with E-state index in [1.165, 1.54) is 12.8 Å². The highest BCUT2D eigenvalue weighted by Gasteiger charge is 2.23. The van der Waals surface area contributed by atoms with E-state index in [4.69, 9.17) is 0 Å². The third-order valence-corrected chi connectivity index (χ3v) is 3.68. The van der Waals surface area contributed by atoms with Gasteiger partial charge in [0.1, 0.15) is 0 Å². The van der Waals surface area contributed by atoms with Crippen molar-refractivity contribution in [3.8, 4) is 0 Å². The summed E-state index contributed by atoms with van der Waals surface area (Å²) < 4.78 is 1.76. The number of rotatable bonds is 5. The van der Waals surface area contributed by atoms with Crippen molar-refractivity contribution in [2.75, 3.05) is 6.54 Å². The molecule has 1 aromatic heterocycles. The van der Waals surface area contributed by atoms with E-state index in [2.05, 4.69) is 22.6 Å². The van der Waals surface area contributed by atoms with Gasteiger partial charge in [-0.05, 0) is 43.0 Å². The summed E-state index contributed by atoms with van der Waals surface area (Å²) in [5, 5.41) is 2.73. The molecule has 1 amide bonds. The normalized spacial score (nSPS) is 13.9. The molecule has 0 atom stereocenters. The van der Waals surface area contributed by atoms with E-state index in [0.717, 1.165) is 12.1 Å². The molecule has 5 heteroatoms. The van der Waals surface area contributed by atoms with Crippen LogP contribution in [0.4, 0.5) is 0 Å². The van der Waals surface area contributed by atoms with Gasteiger partial charge in [-0.25, -0.2) is 4.79 Å². The van der Waals surface area contributed by atoms with Gasteiger partial charge in [0.15, 0.2) is 0 Å². The number of aromatic nitrogens is 2. The van der Waals surface area contributed by atoms with Crippen LogP contribution in [0.25, 0.3) is 11.0 Å². The second-order valence-electron chi connectivity index (χ2n) is 5.33. The SMILES string of the molecule is C=C=CCNC(=O)c1ccc2c(c1)[nH]c(=O)n2CC1CC1. The molecule has 108 valence electrons. The lowest BCUT2D eigenvalue weighted by atomic mass is 10.2. The van der Waals surface area contributed by atoms with Crippen LogP contribution in [0.2, 0.25) is 0 Å². The highest BCUT2D eigenvalue weighted by atomic mass is 16.2. The van der Waals surface area contributed by atoms with Crippen molar-refractivity contribution in [1.29, 1.82) is 0 Å². The number of fused-ring (bicyclic) bond motifs is 1. The first-order valence-corrected chi connectivity index (χ1v) is 7.04. The Bertz CT molecular complexity index is 789. The van der Waals surface area contributed by atoms with E-state index < -0.39 is 0 Å². The largest absolute Gasteiger partial charge is 0.348 e. The Morgan fingerprint density at radius 3 is 3.05 bits per heavy atom. The maximum atomic E-state index is 12.0. The van der Waals surface area contributed by atoms with Crippen molar-refractivity contribution >= 4 is 16.9 Å². The summed E-state index contributed by atoms with van der Waals surface area (Å²) >= 11 is 0. The molecule has 2 N–H and O–H groups in total. The monoisotopic (exact) mass is 283 g/mol. The van der Waals surface area contributed by atoms with E-state index in [-0.39, 0.29) is 11.6 Å². The van der Waals surface area contributed by atoms with Crippen LogP contribution in [0.3, 0.4) is 0 Å². The second kappa shape index (κ2) is 5.46. The molecule has 1 saturated carbocycles. The minimum Gasteiger partial charge on any atom is -0.348 e. The Labute approximate surface area is 122 Å². The lowest BCUT2D eigenvalue weighted by molar-refractivity contribution is 0.0958. The molecule has 0 spiro atoms. The number of benzene rings is 1. The smallest absolute Gasteiger partial charge is 0.326 e. The van der Waals surface area contributed by atoms with Crippen molar-refractivity contribution in [3.05, 3.63) is 52.6 Å². The Morgan fingerprint density at radius 2 is 2.33 bits per heavy atom. The van der Waals surface area contributed by atoms with E-state index in [1.54, 1.807) is 22.8 Å². The van der Waals surface area contributed by atoms with Crippen LogP contribution in [0.5, 0.6) is 0 Å². The van der Waals surface area contributed by atoms with Crippen LogP contribution in [0.1, 0.15) is 23.2 Å². The zero-order valence-electron chi connectivity index (χ0n) is 11.7. The van der Waals surface area contributed by atoms with Gasteiger partial charge < -0.3 is 10.3 Å². The lowest BCUT2D eigenvalue weighted by Crippen LogP contribution is -2.23. The van der Waals surface area contributed by atoms with Crippen LogP contribution < -0.4 is 11.0 Å². The summed E-state index contributed by atoms with van der Waals surface area (Å²) in [4.78, 5) is 26.8. The molecule has 0 bridgehead atoms. The third kappa shape index (κ3) is 2.83. The average Bonchev–Trinajstić information content (AvgIpc) is 3.23. The number of aromatic amines is 1. The van der Waals surface area contributed by atoms with Gasteiger partial charge in [-0.2, -0.15) is 0 Å². The first kappa shape index (κ1) is 13.5. The Kier molecular flexibility index (Phi) is 3.50. The fourth-order valence-electron chi connectivity index (χ4n) is 2.36. The summed E-state index contributed by atoms with van der Waals surface area (Å²) in [5.74, 6) is 0.439. The van der Waals surface area contributed by atoms with Gasteiger partial charge in [0.05, 0.1) is 11.0 Å². The number of imidazole rings is 1. The molecule has 0 unspecified atom stereocenters. The third-order valence-electron chi connectivity index (χ3n) is 3.68. The predicted molar refractivity (Wildman–Crippen MR) is 81.3 cm³/mol. The molecule has 2 aromatic rings. The van der Waals surface area contributed by atoms with E-state index >= 15 is 0 Å². The fourth-order valence-corrected chi connectivity index (χ4v) is 2.36. The zero-order valence-corrected chi connectivity index (χ0v) is 11.7. The zero-order chi connectivity index (χ0) is 14.8. The minimum atomic E-state index is -0.181. The van der Waals surface area contributed by atoms with Gasteiger partial charge in [-0.15, -0.1) is 5.73 Å². The number of hydrogen-bond acceptors (Lipinski definition) is 2. The van der Waals surface area contributed by atoms with Crippen LogP contribution in [0, 0.1) is 5.92 Å². The number of nitrogens with one attached hydrogen (secondary N) is 2. The molecule has 0 aliphatic heterocycles. The van der Waals surface area contributed by atoms with Crippen molar-refractivity contribution < 1.29 is 4.79 Å². The number of H-pyrrole nitrogens is 1. The molecule has 0 saturated heterocycles. The highest BCUT2D eigenvalue weighted by molar-refractivity contribution is 5.97. The standard InChI is InChI=1S/C16H17N3O2/c1-2-3-8-17-15(20)12-6-7-14-13(9-12)18-16(21)19(14)10-11-4-5-11/h3,6-7,9,11H,1,4-5,8,10H2,(H,17,20)(H,18,21). The van der Waals surface area contributed by atoms with Gasteiger partial charge in [0.25, 0.3) is 5.91 Å². The number of carbonyl (C=O) groups excluding carboxylic acids is 1. The molecule has 3 rings (SSSR count). The lowest BCUT2D eigenvalue weighted by Gasteiger charge is -2.04.